The highest BCUT2D eigenvalue weighted by Crippen LogP contribution is 2.10. The fourth-order valence-corrected chi connectivity index (χ4v) is 2.61. The van der Waals surface area contributed by atoms with E-state index in [4.69, 9.17) is 9.26 Å². The summed E-state index contributed by atoms with van der Waals surface area (Å²) in [6.45, 7) is 3.72. The van der Waals surface area contributed by atoms with Crippen molar-refractivity contribution in [3.05, 3.63) is 11.8 Å². The molecular weight excluding hydrogens is 352 g/mol. The molecule has 1 aliphatic rings. The number of aromatic nitrogens is 1. The van der Waals surface area contributed by atoms with Gasteiger partial charge in [0.2, 0.25) is 5.91 Å². The zero-order chi connectivity index (χ0) is 18.4. The number of urea groups is 1. The second-order valence-corrected chi connectivity index (χ2v) is 6.20. The number of aryl methyl sites for hydroxylation is 1. The molecule has 0 aromatic carbocycles. The average Bonchev–Trinajstić information content (AvgIpc) is 3.14. The molecule has 2 heterocycles. The van der Waals surface area contributed by atoms with Gasteiger partial charge in [0.1, 0.15) is 5.76 Å². The van der Waals surface area contributed by atoms with E-state index in [1.807, 2.05) is 0 Å². The van der Waals surface area contributed by atoms with E-state index >= 15 is 0 Å². The average molecular weight is 370 g/mol. The summed E-state index contributed by atoms with van der Waals surface area (Å²) >= 11 is 1.03. The molecule has 25 heavy (non-hydrogen) atoms. The second kappa shape index (κ2) is 8.51. The fraction of sp³-hybridized carbons (Fsp3) is 0.500. The first kappa shape index (κ1) is 18.8. The van der Waals surface area contributed by atoms with Gasteiger partial charge in [-0.05, 0) is 13.8 Å². The molecule has 0 aliphatic carbocycles. The lowest BCUT2D eigenvalue weighted by Crippen LogP contribution is -2.42. The Kier molecular flexibility index (Phi) is 6.39. The zero-order valence-electron chi connectivity index (χ0n) is 13.7. The summed E-state index contributed by atoms with van der Waals surface area (Å²) in [5.74, 6) is -0.787. The summed E-state index contributed by atoms with van der Waals surface area (Å²) in [7, 11) is 0. The van der Waals surface area contributed by atoms with Crippen LogP contribution in [-0.4, -0.2) is 64.6 Å². The van der Waals surface area contributed by atoms with Crippen LogP contribution in [0.2, 0.25) is 0 Å². The molecule has 10 nitrogen and oxygen atoms in total. The maximum atomic E-state index is 12.0. The molecule has 0 bridgehead atoms. The molecule has 0 radical (unpaired) electrons. The van der Waals surface area contributed by atoms with Crippen molar-refractivity contribution in [3.8, 4) is 0 Å². The summed E-state index contributed by atoms with van der Waals surface area (Å²) in [4.78, 5) is 47.8. The lowest BCUT2D eigenvalue weighted by molar-refractivity contribution is -0.155. The van der Waals surface area contributed by atoms with Crippen molar-refractivity contribution in [1.29, 1.82) is 0 Å². The van der Waals surface area contributed by atoms with Crippen molar-refractivity contribution < 1.29 is 28.4 Å². The Balaban J connectivity index is 1.67. The van der Waals surface area contributed by atoms with E-state index in [0.717, 1.165) is 16.7 Å². The molecule has 0 spiro atoms. The molecule has 136 valence electrons. The van der Waals surface area contributed by atoms with Gasteiger partial charge in [0.25, 0.3) is 5.91 Å². The van der Waals surface area contributed by atoms with Gasteiger partial charge in [0.05, 0.1) is 11.5 Å². The first-order valence-electron chi connectivity index (χ1n) is 7.46. The SMILES string of the molecule is Cc1cc(NC(=O)CSCC(=O)OC(C)C(=O)N2CCNC2=O)no1. The Labute approximate surface area is 147 Å². The molecule has 1 atom stereocenters. The van der Waals surface area contributed by atoms with Crippen LogP contribution in [0.3, 0.4) is 0 Å². The number of anilines is 1. The molecule has 2 rings (SSSR count). The van der Waals surface area contributed by atoms with Gasteiger partial charge in [-0.15, -0.1) is 11.8 Å². The van der Waals surface area contributed by atoms with Crippen molar-refractivity contribution in [2.24, 2.45) is 0 Å². The van der Waals surface area contributed by atoms with Crippen LogP contribution in [-0.2, 0) is 19.1 Å². The highest BCUT2D eigenvalue weighted by atomic mass is 32.2. The van der Waals surface area contributed by atoms with Crippen LogP contribution >= 0.6 is 11.8 Å². The first-order valence-corrected chi connectivity index (χ1v) is 8.62. The fourth-order valence-electron chi connectivity index (χ4n) is 2.01. The lowest BCUT2D eigenvalue weighted by atomic mass is 10.3. The third-order valence-electron chi connectivity index (χ3n) is 3.13. The number of hydrogen-bond acceptors (Lipinski definition) is 8. The normalized spacial score (nSPS) is 14.8. The van der Waals surface area contributed by atoms with Gasteiger partial charge >= 0.3 is 12.0 Å². The Morgan fingerprint density at radius 1 is 1.48 bits per heavy atom. The van der Waals surface area contributed by atoms with E-state index in [2.05, 4.69) is 15.8 Å². The third-order valence-corrected chi connectivity index (χ3v) is 4.03. The minimum Gasteiger partial charge on any atom is -0.452 e. The molecule has 1 saturated heterocycles. The van der Waals surface area contributed by atoms with E-state index in [-0.39, 0.29) is 24.0 Å². The van der Waals surface area contributed by atoms with Crippen LogP contribution in [0.1, 0.15) is 12.7 Å². The molecule has 11 heteroatoms. The smallest absolute Gasteiger partial charge is 0.324 e. The number of amides is 4. The van der Waals surface area contributed by atoms with Gasteiger partial charge in [0, 0.05) is 19.2 Å². The Hall–Kier alpha value is -2.56. The van der Waals surface area contributed by atoms with Crippen LogP contribution in [0.15, 0.2) is 10.6 Å². The number of esters is 1. The number of imide groups is 1. The van der Waals surface area contributed by atoms with Gasteiger partial charge in [-0.2, -0.15) is 0 Å². The summed E-state index contributed by atoms with van der Waals surface area (Å²) < 4.78 is 9.80. The number of hydrogen-bond donors (Lipinski definition) is 2. The van der Waals surface area contributed by atoms with Crippen molar-refractivity contribution in [3.63, 3.8) is 0 Å². The van der Waals surface area contributed by atoms with Crippen LogP contribution in [0, 0.1) is 6.92 Å². The second-order valence-electron chi connectivity index (χ2n) is 5.22. The topological polar surface area (TPSA) is 131 Å². The van der Waals surface area contributed by atoms with Crippen LogP contribution in [0.5, 0.6) is 0 Å². The largest absolute Gasteiger partial charge is 0.452 e. The molecule has 0 saturated carbocycles. The minimum atomic E-state index is -1.07. The van der Waals surface area contributed by atoms with Gasteiger partial charge in [-0.3, -0.25) is 19.3 Å². The number of carbonyl (C=O) groups is 4. The number of nitrogens with one attached hydrogen (secondary N) is 2. The number of nitrogens with zero attached hydrogens (tertiary/aromatic N) is 2. The number of carbonyl (C=O) groups excluding carboxylic acids is 4. The Morgan fingerprint density at radius 3 is 2.84 bits per heavy atom. The molecule has 1 aromatic heterocycles. The highest BCUT2D eigenvalue weighted by molar-refractivity contribution is 8.00. The summed E-state index contributed by atoms with van der Waals surface area (Å²) in [6, 6.07) is 1.07. The molecule has 1 aromatic rings. The molecule has 1 aliphatic heterocycles. The summed E-state index contributed by atoms with van der Waals surface area (Å²) in [5.41, 5.74) is 0. The number of thioether (sulfide) groups is 1. The van der Waals surface area contributed by atoms with E-state index in [9.17, 15) is 19.2 Å². The highest BCUT2D eigenvalue weighted by Gasteiger charge is 2.31. The van der Waals surface area contributed by atoms with Crippen LogP contribution < -0.4 is 10.6 Å². The Bertz CT molecular complexity index is 676. The molecule has 2 N–H and O–H groups in total. The van der Waals surface area contributed by atoms with Gasteiger partial charge in [0.15, 0.2) is 11.9 Å². The Morgan fingerprint density at radius 2 is 2.24 bits per heavy atom. The van der Waals surface area contributed by atoms with Gasteiger partial charge in [-0.25, -0.2) is 4.79 Å². The van der Waals surface area contributed by atoms with E-state index < -0.39 is 24.0 Å². The summed E-state index contributed by atoms with van der Waals surface area (Å²) in [5, 5.41) is 8.63. The third kappa shape index (κ3) is 5.48. The standard InChI is InChI=1S/C14H18N4O6S/c1-8-5-10(17-24-8)16-11(19)6-25-7-12(20)23-9(2)13(21)18-4-3-15-14(18)22/h5,9H,3-4,6-7H2,1-2H3,(H,15,22)(H,16,17,19). The van der Waals surface area contributed by atoms with Crippen molar-refractivity contribution in [2.75, 3.05) is 29.9 Å². The minimum absolute atomic E-state index is 0.0118. The van der Waals surface area contributed by atoms with Crippen molar-refractivity contribution >= 4 is 41.4 Å². The predicted octanol–water partition coefficient (Wildman–Crippen LogP) is 0.138. The zero-order valence-corrected chi connectivity index (χ0v) is 14.6. The first-order chi connectivity index (χ1) is 11.9. The predicted molar refractivity (Wildman–Crippen MR) is 87.9 cm³/mol. The number of ether oxygens (including phenoxy) is 1. The number of rotatable bonds is 7. The molecule has 1 fully saturated rings. The van der Waals surface area contributed by atoms with Gasteiger partial charge in [-0.1, -0.05) is 5.16 Å². The van der Waals surface area contributed by atoms with E-state index in [1.165, 1.54) is 6.92 Å². The van der Waals surface area contributed by atoms with Crippen LogP contribution in [0.25, 0.3) is 0 Å². The molecular formula is C14H18N4O6S. The van der Waals surface area contributed by atoms with Gasteiger partial charge < -0.3 is 19.9 Å². The maximum Gasteiger partial charge on any atom is 0.324 e. The molecule has 4 amide bonds. The maximum absolute atomic E-state index is 12.0. The van der Waals surface area contributed by atoms with Crippen molar-refractivity contribution in [1.82, 2.24) is 15.4 Å². The van der Waals surface area contributed by atoms with E-state index in [1.54, 1.807) is 13.0 Å². The van der Waals surface area contributed by atoms with E-state index in [0.29, 0.717) is 18.1 Å². The van der Waals surface area contributed by atoms with Crippen LogP contribution in [0.4, 0.5) is 10.6 Å². The quantitative estimate of drug-likeness (QED) is 0.648. The monoisotopic (exact) mass is 370 g/mol. The summed E-state index contributed by atoms with van der Waals surface area (Å²) in [6.07, 6.45) is -1.07. The lowest BCUT2D eigenvalue weighted by Gasteiger charge is -2.18. The van der Waals surface area contributed by atoms with Crippen molar-refractivity contribution in [2.45, 2.75) is 20.0 Å². The molecule has 1 unspecified atom stereocenters.